The lowest BCUT2D eigenvalue weighted by Gasteiger charge is -2.45. The van der Waals surface area contributed by atoms with Crippen LogP contribution in [0.4, 0.5) is 0 Å². The number of aliphatic hydroxyl groups is 7. The van der Waals surface area contributed by atoms with Crippen molar-refractivity contribution in [2.75, 3.05) is 20.3 Å². The largest absolute Gasteiger partial charge is 0.394 e. The van der Waals surface area contributed by atoms with E-state index in [0.717, 1.165) is 0 Å². The molecule has 2 aliphatic rings. The Morgan fingerprint density at radius 2 is 1.25 bits per heavy atom. The molecule has 0 spiro atoms. The Balaban J connectivity index is 2.14. The molecule has 7 N–H and O–H groups in total. The van der Waals surface area contributed by atoms with Crippen LogP contribution in [-0.4, -0.2) is 117 Å². The van der Waals surface area contributed by atoms with Crippen LogP contribution in [0.25, 0.3) is 0 Å². The van der Waals surface area contributed by atoms with Gasteiger partial charge in [0.2, 0.25) is 0 Å². The highest BCUT2D eigenvalue weighted by Gasteiger charge is 2.50. The molecule has 24 heavy (non-hydrogen) atoms. The highest BCUT2D eigenvalue weighted by atomic mass is 16.7. The van der Waals surface area contributed by atoms with Crippen LogP contribution in [0, 0.1) is 0 Å². The Morgan fingerprint density at radius 3 is 1.79 bits per heavy atom. The van der Waals surface area contributed by atoms with Gasteiger partial charge in [-0.25, -0.2) is 0 Å². The second kappa shape index (κ2) is 8.29. The van der Waals surface area contributed by atoms with Crippen molar-refractivity contribution in [1.29, 1.82) is 0 Å². The quantitative estimate of drug-likeness (QED) is 0.251. The number of ether oxygens (including phenoxy) is 4. The minimum atomic E-state index is -1.70. The van der Waals surface area contributed by atoms with Gasteiger partial charge in [-0.2, -0.15) is 0 Å². The molecule has 142 valence electrons. The Kier molecular flexibility index (Phi) is 6.87. The molecule has 0 amide bonds. The van der Waals surface area contributed by atoms with Crippen molar-refractivity contribution in [3.05, 3.63) is 0 Å². The Hall–Kier alpha value is -0.440. The predicted octanol–water partition coefficient (Wildman–Crippen LogP) is -4.74. The van der Waals surface area contributed by atoms with E-state index in [4.69, 9.17) is 24.1 Å². The molecule has 0 aromatic rings. The second-order valence-corrected chi connectivity index (χ2v) is 5.74. The summed E-state index contributed by atoms with van der Waals surface area (Å²) in [5, 5.41) is 68.1. The zero-order valence-electron chi connectivity index (χ0n) is 13.0. The molecule has 11 nitrogen and oxygen atoms in total. The van der Waals surface area contributed by atoms with E-state index in [0.29, 0.717) is 0 Å². The van der Waals surface area contributed by atoms with Gasteiger partial charge >= 0.3 is 0 Å². The molecule has 11 heteroatoms. The first-order chi connectivity index (χ1) is 11.3. The summed E-state index contributed by atoms with van der Waals surface area (Å²) in [6.07, 6.45) is -14.4. The van der Waals surface area contributed by atoms with Gasteiger partial charge in [-0.05, 0) is 0 Å². The zero-order chi connectivity index (χ0) is 18.0. The molecule has 10 atom stereocenters. The minimum absolute atomic E-state index is 0.581. The normalized spacial score (nSPS) is 50.0. The van der Waals surface area contributed by atoms with Crippen LogP contribution >= 0.6 is 0 Å². The molecule has 2 heterocycles. The molecule has 0 aromatic carbocycles. The minimum Gasteiger partial charge on any atom is -0.394 e. The fourth-order valence-electron chi connectivity index (χ4n) is 2.74. The summed E-state index contributed by atoms with van der Waals surface area (Å²) >= 11 is 0. The third kappa shape index (κ3) is 3.71. The second-order valence-electron chi connectivity index (χ2n) is 5.74. The molecule has 0 unspecified atom stereocenters. The van der Waals surface area contributed by atoms with E-state index in [9.17, 15) is 30.6 Å². The molecule has 0 aliphatic carbocycles. The maximum absolute atomic E-state index is 10.2. The lowest BCUT2D eigenvalue weighted by molar-refractivity contribution is -0.358. The number of methoxy groups -OCH3 is 1. The van der Waals surface area contributed by atoms with E-state index in [1.54, 1.807) is 0 Å². The van der Waals surface area contributed by atoms with Crippen molar-refractivity contribution in [2.45, 2.75) is 61.4 Å². The van der Waals surface area contributed by atoms with Crippen LogP contribution in [-0.2, 0) is 18.9 Å². The number of rotatable bonds is 5. The summed E-state index contributed by atoms with van der Waals surface area (Å²) < 4.78 is 20.6. The van der Waals surface area contributed by atoms with Gasteiger partial charge < -0.3 is 54.7 Å². The lowest BCUT2D eigenvalue weighted by Crippen LogP contribution is -2.64. The first kappa shape index (κ1) is 19.9. The summed E-state index contributed by atoms with van der Waals surface area (Å²) in [6.45, 7) is -1.23. The molecule has 0 radical (unpaired) electrons. The van der Waals surface area contributed by atoms with E-state index in [1.165, 1.54) is 7.11 Å². The fraction of sp³-hybridized carbons (Fsp3) is 1.00. The van der Waals surface area contributed by atoms with Crippen molar-refractivity contribution in [3.63, 3.8) is 0 Å². The molecule has 0 aromatic heterocycles. The highest BCUT2D eigenvalue weighted by molar-refractivity contribution is 4.93. The molecular weight excluding hydrogens is 332 g/mol. The van der Waals surface area contributed by atoms with E-state index < -0.39 is 74.6 Å². The Labute approximate surface area is 137 Å². The molecule has 2 saturated heterocycles. The van der Waals surface area contributed by atoms with Crippen LogP contribution in [0.5, 0.6) is 0 Å². The smallest absolute Gasteiger partial charge is 0.187 e. The van der Waals surface area contributed by atoms with Crippen LogP contribution in [0.15, 0.2) is 0 Å². The SMILES string of the molecule is CO[C@@H]1O[C@H](CO)[C@@H](O)[C@H](O[C@H]2O[C@@H](CO)[C@H](O)[C@@H](O)[C@@H]2O)[C@H]1O. The highest BCUT2D eigenvalue weighted by Crippen LogP contribution is 2.29. The van der Waals surface area contributed by atoms with Gasteiger partial charge in [0.15, 0.2) is 12.6 Å². The summed E-state index contributed by atoms with van der Waals surface area (Å²) in [6, 6.07) is 0. The molecule has 2 aliphatic heterocycles. The first-order valence-electron chi connectivity index (χ1n) is 7.46. The topological polar surface area (TPSA) is 179 Å². The predicted molar refractivity (Wildman–Crippen MR) is 73.4 cm³/mol. The van der Waals surface area contributed by atoms with Gasteiger partial charge in [-0.15, -0.1) is 0 Å². The number of hydrogen-bond acceptors (Lipinski definition) is 11. The van der Waals surface area contributed by atoms with Crippen molar-refractivity contribution in [3.8, 4) is 0 Å². The third-order valence-corrected chi connectivity index (χ3v) is 4.19. The van der Waals surface area contributed by atoms with Gasteiger partial charge in [-0.3, -0.25) is 0 Å². The summed E-state index contributed by atoms with van der Waals surface area (Å²) in [4.78, 5) is 0. The molecular formula is C13H24O11. The maximum Gasteiger partial charge on any atom is 0.187 e. The molecule has 0 bridgehead atoms. The zero-order valence-corrected chi connectivity index (χ0v) is 13.0. The average Bonchev–Trinajstić information content (AvgIpc) is 2.58. The maximum atomic E-state index is 10.2. The van der Waals surface area contributed by atoms with Gasteiger partial charge in [0.25, 0.3) is 0 Å². The van der Waals surface area contributed by atoms with Crippen LogP contribution in [0.3, 0.4) is 0 Å². The third-order valence-electron chi connectivity index (χ3n) is 4.19. The van der Waals surface area contributed by atoms with Crippen LogP contribution in [0.1, 0.15) is 0 Å². The molecule has 0 saturated carbocycles. The molecule has 2 fully saturated rings. The summed E-state index contributed by atoms with van der Waals surface area (Å²) in [5.74, 6) is 0. The van der Waals surface area contributed by atoms with Crippen molar-refractivity contribution < 1.29 is 54.7 Å². The van der Waals surface area contributed by atoms with Crippen molar-refractivity contribution in [1.82, 2.24) is 0 Å². The first-order valence-corrected chi connectivity index (χ1v) is 7.46. The Morgan fingerprint density at radius 1 is 0.708 bits per heavy atom. The van der Waals surface area contributed by atoms with Gasteiger partial charge in [0.1, 0.15) is 48.8 Å². The van der Waals surface area contributed by atoms with E-state index in [-0.39, 0.29) is 0 Å². The van der Waals surface area contributed by atoms with Crippen LogP contribution < -0.4 is 0 Å². The van der Waals surface area contributed by atoms with E-state index >= 15 is 0 Å². The average molecular weight is 356 g/mol. The number of hydrogen-bond donors (Lipinski definition) is 7. The molecule has 2 rings (SSSR count). The monoisotopic (exact) mass is 356 g/mol. The van der Waals surface area contributed by atoms with E-state index in [2.05, 4.69) is 0 Å². The van der Waals surface area contributed by atoms with Crippen molar-refractivity contribution in [2.24, 2.45) is 0 Å². The summed E-state index contributed by atoms with van der Waals surface area (Å²) in [5.41, 5.74) is 0. The standard InChI is InChI=1S/C13H24O11/c1-21-12-10(20)11(7(17)5(3-15)22-12)24-13-9(19)8(18)6(16)4(2-14)23-13/h4-20H,2-3H2,1H3/t4-,5+,6-,7+,8+,9-,10+,11-,12+,13+/m0/s1. The summed E-state index contributed by atoms with van der Waals surface area (Å²) in [7, 11) is 1.24. The Bertz CT molecular complexity index is 378. The van der Waals surface area contributed by atoms with E-state index in [1.807, 2.05) is 0 Å². The van der Waals surface area contributed by atoms with Gasteiger partial charge in [0.05, 0.1) is 13.2 Å². The number of aliphatic hydroxyl groups excluding tert-OH is 7. The lowest BCUT2D eigenvalue weighted by atomic mass is 9.97. The fourth-order valence-corrected chi connectivity index (χ4v) is 2.74. The van der Waals surface area contributed by atoms with Crippen molar-refractivity contribution >= 4 is 0 Å². The van der Waals surface area contributed by atoms with Gasteiger partial charge in [-0.1, -0.05) is 0 Å². The van der Waals surface area contributed by atoms with Gasteiger partial charge in [0, 0.05) is 7.11 Å². The van der Waals surface area contributed by atoms with Crippen LogP contribution in [0.2, 0.25) is 0 Å².